The van der Waals surface area contributed by atoms with E-state index >= 15 is 0 Å². The number of carbonyl (C=O) groups is 1. The van der Waals surface area contributed by atoms with Crippen LogP contribution >= 0.6 is 0 Å². The third-order valence-corrected chi connectivity index (χ3v) is 3.18. The van der Waals surface area contributed by atoms with Gasteiger partial charge in [0.05, 0.1) is 12.5 Å². The second-order valence-corrected chi connectivity index (χ2v) is 4.65. The molecule has 0 aromatic carbocycles. The smallest absolute Gasteiger partial charge is 0.222 e. The summed E-state index contributed by atoms with van der Waals surface area (Å²) in [6.45, 7) is 2.51. The van der Waals surface area contributed by atoms with Crippen LogP contribution in [0.4, 0.5) is 0 Å². The first kappa shape index (κ1) is 13.5. The number of carbonyl (C=O) groups excluding carboxylic acids is 1. The molecular weight excluding hydrogens is 204 g/mol. The summed E-state index contributed by atoms with van der Waals surface area (Å²) in [5, 5.41) is 3.06. The average molecular weight is 228 g/mol. The van der Waals surface area contributed by atoms with Crippen LogP contribution in [-0.4, -0.2) is 31.7 Å². The van der Waals surface area contributed by atoms with Gasteiger partial charge in [0.2, 0.25) is 5.91 Å². The Labute approximate surface area is 97.9 Å². The van der Waals surface area contributed by atoms with Crippen LogP contribution in [0.1, 0.15) is 39.0 Å². The Morgan fingerprint density at radius 2 is 2.25 bits per heavy atom. The zero-order chi connectivity index (χ0) is 12.0. The van der Waals surface area contributed by atoms with E-state index in [1.807, 2.05) is 0 Å². The van der Waals surface area contributed by atoms with Crippen LogP contribution in [0.5, 0.6) is 0 Å². The highest BCUT2D eigenvalue weighted by Gasteiger charge is 2.25. The Balaban J connectivity index is 2.23. The van der Waals surface area contributed by atoms with E-state index in [2.05, 4.69) is 12.2 Å². The second-order valence-electron chi connectivity index (χ2n) is 4.65. The second kappa shape index (κ2) is 6.86. The molecule has 0 aliphatic heterocycles. The Morgan fingerprint density at radius 1 is 1.56 bits per heavy atom. The summed E-state index contributed by atoms with van der Waals surface area (Å²) in [5.41, 5.74) is 5.48. The Morgan fingerprint density at radius 3 is 2.69 bits per heavy atom. The molecule has 1 rings (SSSR count). The number of methoxy groups -OCH3 is 1. The van der Waals surface area contributed by atoms with E-state index in [1.54, 1.807) is 7.11 Å². The zero-order valence-electron chi connectivity index (χ0n) is 10.4. The van der Waals surface area contributed by atoms with Gasteiger partial charge in [0.15, 0.2) is 0 Å². The summed E-state index contributed by atoms with van der Waals surface area (Å²) in [4.78, 5) is 11.7. The Bertz CT molecular complexity index is 213. The third kappa shape index (κ3) is 4.94. The first-order chi connectivity index (χ1) is 7.69. The average Bonchev–Trinajstić information content (AvgIpc) is 3.08. The fraction of sp³-hybridized carbons (Fsp3) is 0.917. The van der Waals surface area contributed by atoms with Gasteiger partial charge in [-0.15, -0.1) is 0 Å². The highest BCUT2D eigenvalue weighted by Crippen LogP contribution is 2.34. The molecule has 2 atom stereocenters. The molecule has 0 heterocycles. The molecule has 1 aliphatic carbocycles. The van der Waals surface area contributed by atoms with Crippen molar-refractivity contribution in [2.24, 2.45) is 11.7 Å². The van der Waals surface area contributed by atoms with Crippen LogP contribution in [0.25, 0.3) is 0 Å². The van der Waals surface area contributed by atoms with Gasteiger partial charge < -0.3 is 15.8 Å². The molecule has 0 radical (unpaired) electrons. The van der Waals surface area contributed by atoms with Gasteiger partial charge in [0.25, 0.3) is 0 Å². The van der Waals surface area contributed by atoms with Crippen molar-refractivity contribution in [2.75, 3.05) is 13.7 Å². The Kier molecular flexibility index (Phi) is 5.77. The number of hydrogen-bond acceptors (Lipinski definition) is 3. The molecule has 0 saturated heterocycles. The van der Waals surface area contributed by atoms with Gasteiger partial charge in [0, 0.05) is 19.7 Å². The molecule has 4 heteroatoms. The van der Waals surface area contributed by atoms with Crippen molar-refractivity contribution < 1.29 is 9.53 Å². The highest BCUT2D eigenvalue weighted by atomic mass is 16.5. The molecule has 1 fully saturated rings. The largest absolute Gasteiger partial charge is 0.380 e. The summed E-state index contributed by atoms with van der Waals surface area (Å²) < 4.78 is 5.09. The summed E-state index contributed by atoms with van der Waals surface area (Å²) in [6, 6.07) is 0.329. The first-order valence-corrected chi connectivity index (χ1v) is 6.21. The minimum atomic E-state index is -0.154. The topological polar surface area (TPSA) is 64.4 Å². The van der Waals surface area contributed by atoms with Crippen molar-refractivity contribution in [3.8, 4) is 0 Å². The van der Waals surface area contributed by atoms with Gasteiger partial charge in [-0.1, -0.05) is 19.8 Å². The number of ether oxygens (including phenoxy) is 1. The van der Waals surface area contributed by atoms with E-state index in [9.17, 15) is 4.79 Å². The van der Waals surface area contributed by atoms with Crippen LogP contribution in [0, 0.1) is 5.92 Å². The van der Waals surface area contributed by atoms with Crippen molar-refractivity contribution in [1.29, 1.82) is 0 Å². The summed E-state index contributed by atoms with van der Waals surface area (Å²) >= 11 is 0. The van der Waals surface area contributed by atoms with Crippen LogP contribution < -0.4 is 11.1 Å². The lowest BCUT2D eigenvalue weighted by Gasteiger charge is -2.18. The fourth-order valence-electron chi connectivity index (χ4n) is 1.84. The normalized spacial score (nSPS) is 19.2. The molecule has 1 amide bonds. The van der Waals surface area contributed by atoms with Crippen LogP contribution in [0.3, 0.4) is 0 Å². The van der Waals surface area contributed by atoms with Gasteiger partial charge >= 0.3 is 0 Å². The van der Waals surface area contributed by atoms with Crippen molar-refractivity contribution >= 4 is 5.91 Å². The maximum atomic E-state index is 11.7. The van der Waals surface area contributed by atoms with Crippen LogP contribution in [0.2, 0.25) is 0 Å². The molecule has 0 bridgehead atoms. The molecule has 16 heavy (non-hydrogen) atoms. The van der Waals surface area contributed by atoms with E-state index in [-0.39, 0.29) is 12.0 Å². The molecule has 1 aliphatic rings. The molecule has 94 valence electrons. The molecule has 2 unspecified atom stereocenters. The van der Waals surface area contributed by atoms with E-state index < -0.39 is 0 Å². The lowest BCUT2D eigenvalue weighted by Crippen LogP contribution is -2.38. The quantitative estimate of drug-likeness (QED) is 0.652. The van der Waals surface area contributed by atoms with Gasteiger partial charge in [-0.25, -0.2) is 0 Å². The van der Waals surface area contributed by atoms with Crippen LogP contribution in [-0.2, 0) is 9.53 Å². The van der Waals surface area contributed by atoms with Gasteiger partial charge in [-0.3, -0.25) is 4.79 Å². The molecule has 1 saturated carbocycles. The van der Waals surface area contributed by atoms with Gasteiger partial charge in [0.1, 0.15) is 0 Å². The number of nitrogens with two attached hydrogens (primary N) is 1. The lowest BCUT2D eigenvalue weighted by atomic mass is 10.1. The van der Waals surface area contributed by atoms with Gasteiger partial charge in [-0.05, 0) is 18.8 Å². The summed E-state index contributed by atoms with van der Waals surface area (Å²) in [6.07, 6.45) is 5.00. The van der Waals surface area contributed by atoms with Crippen LogP contribution in [0.15, 0.2) is 0 Å². The fourth-order valence-corrected chi connectivity index (χ4v) is 1.84. The number of amides is 1. The number of hydrogen-bond donors (Lipinski definition) is 2. The van der Waals surface area contributed by atoms with Crippen molar-refractivity contribution in [1.82, 2.24) is 5.32 Å². The lowest BCUT2D eigenvalue weighted by molar-refractivity contribution is -0.124. The van der Waals surface area contributed by atoms with E-state index in [0.717, 1.165) is 18.8 Å². The summed E-state index contributed by atoms with van der Waals surface area (Å²) in [7, 11) is 1.59. The third-order valence-electron chi connectivity index (χ3n) is 3.18. The SMILES string of the molecule is CCC(CC1CC1)NC(=O)CC(CN)OC. The minimum absolute atomic E-state index is 0.0600. The first-order valence-electron chi connectivity index (χ1n) is 6.21. The maximum Gasteiger partial charge on any atom is 0.222 e. The molecule has 0 aromatic heterocycles. The van der Waals surface area contributed by atoms with Crippen molar-refractivity contribution in [3.63, 3.8) is 0 Å². The predicted molar refractivity (Wildman–Crippen MR) is 64.0 cm³/mol. The zero-order valence-corrected chi connectivity index (χ0v) is 10.4. The number of nitrogens with one attached hydrogen (secondary N) is 1. The van der Waals surface area contributed by atoms with Crippen molar-refractivity contribution in [2.45, 2.75) is 51.2 Å². The Hall–Kier alpha value is -0.610. The van der Waals surface area contributed by atoms with Gasteiger partial charge in [-0.2, -0.15) is 0 Å². The number of rotatable bonds is 8. The molecule has 4 nitrogen and oxygen atoms in total. The van der Waals surface area contributed by atoms with E-state index in [1.165, 1.54) is 12.8 Å². The van der Waals surface area contributed by atoms with E-state index in [0.29, 0.717) is 19.0 Å². The maximum absolute atomic E-state index is 11.7. The van der Waals surface area contributed by atoms with Crippen molar-refractivity contribution in [3.05, 3.63) is 0 Å². The molecule has 0 spiro atoms. The monoisotopic (exact) mass is 228 g/mol. The standard InChI is InChI=1S/C12H24N2O2/c1-3-10(6-9-4-5-9)14-12(15)7-11(8-13)16-2/h9-11H,3-8,13H2,1-2H3,(H,14,15). The minimum Gasteiger partial charge on any atom is -0.380 e. The molecule has 0 aromatic rings. The predicted octanol–water partition coefficient (Wildman–Crippen LogP) is 1.05. The van der Waals surface area contributed by atoms with E-state index in [4.69, 9.17) is 10.5 Å². The molecular formula is C12H24N2O2. The molecule has 3 N–H and O–H groups in total. The highest BCUT2D eigenvalue weighted by molar-refractivity contribution is 5.76. The summed E-state index contributed by atoms with van der Waals surface area (Å²) in [5.74, 6) is 0.905.